The molecular weight excluding hydrogens is 396 g/mol. The second-order valence-electron chi connectivity index (χ2n) is 7.84. The van der Waals surface area contributed by atoms with Crippen molar-refractivity contribution in [2.24, 2.45) is 0 Å². The Morgan fingerprint density at radius 3 is 2.40 bits per heavy atom. The van der Waals surface area contributed by atoms with Crippen LogP contribution in [0.25, 0.3) is 10.8 Å². The average Bonchev–Trinajstić information content (AvgIpc) is 3.45. The van der Waals surface area contributed by atoms with Gasteiger partial charge in [0.15, 0.2) is 0 Å². The van der Waals surface area contributed by atoms with Gasteiger partial charge in [-0.25, -0.2) is 0 Å². The van der Waals surface area contributed by atoms with Crippen molar-refractivity contribution in [3.63, 3.8) is 0 Å². The van der Waals surface area contributed by atoms with Gasteiger partial charge in [-0.1, -0.05) is 30.3 Å². The van der Waals surface area contributed by atoms with Crippen molar-refractivity contribution in [1.82, 2.24) is 9.80 Å². The van der Waals surface area contributed by atoms with E-state index in [1.165, 1.54) is 9.78 Å². The molecule has 1 fully saturated rings. The smallest absolute Gasteiger partial charge is 0.261 e. The molecule has 3 aromatic rings. The Labute approximate surface area is 178 Å². The van der Waals surface area contributed by atoms with Gasteiger partial charge in [0.2, 0.25) is 5.91 Å². The number of hydrogen-bond acceptors (Lipinski definition) is 4. The molecule has 0 bridgehead atoms. The van der Waals surface area contributed by atoms with E-state index < -0.39 is 0 Å². The number of imide groups is 1. The van der Waals surface area contributed by atoms with E-state index in [1.807, 2.05) is 40.6 Å². The fourth-order valence-electron chi connectivity index (χ4n) is 4.66. The van der Waals surface area contributed by atoms with Crippen LogP contribution in [0, 0.1) is 0 Å². The molecule has 0 saturated carbocycles. The van der Waals surface area contributed by atoms with E-state index in [0.29, 0.717) is 24.0 Å². The van der Waals surface area contributed by atoms with E-state index in [4.69, 9.17) is 0 Å². The number of likely N-dealkylation sites (tertiary alicyclic amines) is 1. The maximum atomic E-state index is 13.0. The summed E-state index contributed by atoms with van der Waals surface area (Å²) in [6.45, 7) is 1.03. The number of benzene rings is 2. The molecular formula is C24H22N2O3S. The fourth-order valence-corrected chi connectivity index (χ4v) is 5.53. The van der Waals surface area contributed by atoms with Crippen LogP contribution in [-0.2, 0) is 4.79 Å². The standard InChI is InChI=1S/C24H22N2O3S/c27-21(25-13-3-10-19(25)20-11-5-15-30-20)12-4-14-26-23(28)17-8-1-6-16-7-2-9-18(22(16)17)24(26)29/h1-2,5-9,11,15,19H,3-4,10,12-14H2/t19-/m0/s1. The van der Waals surface area contributed by atoms with Crippen molar-refractivity contribution in [2.45, 2.75) is 31.7 Å². The van der Waals surface area contributed by atoms with E-state index in [1.54, 1.807) is 23.5 Å². The van der Waals surface area contributed by atoms with E-state index in [2.05, 4.69) is 6.07 Å². The molecule has 1 atom stereocenters. The Morgan fingerprint density at radius 1 is 1.00 bits per heavy atom. The summed E-state index contributed by atoms with van der Waals surface area (Å²) in [5, 5.41) is 3.68. The van der Waals surface area contributed by atoms with Gasteiger partial charge in [0.1, 0.15) is 0 Å². The van der Waals surface area contributed by atoms with Gasteiger partial charge in [-0.3, -0.25) is 19.3 Å². The van der Waals surface area contributed by atoms with Gasteiger partial charge in [-0.2, -0.15) is 0 Å². The molecule has 3 heterocycles. The van der Waals surface area contributed by atoms with Crippen molar-refractivity contribution < 1.29 is 14.4 Å². The summed E-state index contributed by atoms with van der Waals surface area (Å²) in [5.74, 6) is -0.436. The minimum atomic E-state index is -0.269. The Kier molecular flexibility index (Phi) is 4.87. The lowest BCUT2D eigenvalue weighted by atomic mass is 9.94. The maximum absolute atomic E-state index is 13.0. The topological polar surface area (TPSA) is 57.7 Å². The van der Waals surface area contributed by atoms with Gasteiger partial charge in [0.05, 0.1) is 6.04 Å². The summed E-state index contributed by atoms with van der Waals surface area (Å²) in [6, 6.07) is 15.3. The molecule has 152 valence electrons. The number of rotatable bonds is 5. The molecule has 5 rings (SSSR count). The minimum absolute atomic E-state index is 0.102. The van der Waals surface area contributed by atoms with Crippen molar-refractivity contribution in [1.29, 1.82) is 0 Å². The SMILES string of the molecule is O=C1c2cccc3cccc(c23)C(=O)N1CCCC(=O)N1CCC[C@H]1c1cccs1. The Morgan fingerprint density at radius 2 is 1.73 bits per heavy atom. The molecule has 3 amide bonds. The number of amides is 3. The second kappa shape index (κ2) is 7.69. The highest BCUT2D eigenvalue weighted by molar-refractivity contribution is 7.10. The Hall–Kier alpha value is -2.99. The van der Waals surface area contributed by atoms with Crippen LogP contribution in [0.5, 0.6) is 0 Å². The van der Waals surface area contributed by atoms with Crippen molar-refractivity contribution in [3.05, 3.63) is 69.9 Å². The van der Waals surface area contributed by atoms with Crippen LogP contribution in [0.1, 0.15) is 57.3 Å². The maximum Gasteiger partial charge on any atom is 0.261 e. The molecule has 5 nitrogen and oxygen atoms in total. The average molecular weight is 419 g/mol. The molecule has 2 aliphatic rings. The Balaban J connectivity index is 1.28. The van der Waals surface area contributed by atoms with Crippen LogP contribution in [0.3, 0.4) is 0 Å². The highest BCUT2D eigenvalue weighted by Crippen LogP contribution is 2.35. The number of thiophene rings is 1. The van der Waals surface area contributed by atoms with Crippen LogP contribution in [0.2, 0.25) is 0 Å². The summed E-state index contributed by atoms with van der Waals surface area (Å²) in [7, 11) is 0. The minimum Gasteiger partial charge on any atom is -0.335 e. The lowest BCUT2D eigenvalue weighted by Gasteiger charge is -2.28. The van der Waals surface area contributed by atoms with Crippen molar-refractivity contribution in [2.75, 3.05) is 13.1 Å². The molecule has 2 aliphatic heterocycles. The molecule has 6 heteroatoms. The van der Waals surface area contributed by atoms with Crippen LogP contribution < -0.4 is 0 Å². The van der Waals surface area contributed by atoms with E-state index in [0.717, 1.165) is 30.2 Å². The molecule has 1 aromatic heterocycles. The molecule has 0 unspecified atom stereocenters. The second-order valence-corrected chi connectivity index (χ2v) is 8.81. The first-order valence-electron chi connectivity index (χ1n) is 10.4. The van der Waals surface area contributed by atoms with E-state index >= 15 is 0 Å². The fraction of sp³-hybridized carbons (Fsp3) is 0.292. The molecule has 2 aromatic carbocycles. The van der Waals surface area contributed by atoms with E-state index in [9.17, 15) is 14.4 Å². The zero-order valence-electron chi connectivity index (χ0n) is 16.5. The highest BCUT2D eigenvalue weighted by Gasteiger charge is 2.33. The number of carbonyl (C=O) groups excluding carboxylic acids is 3. The first-order valence-corrected chi connectivity index (χ1v) is 11.2. The first-order chi connectivity index (χ1) is 14.6. The quantitative estimate of drug-likeness (QED) is 0.567. The van der Waals surface area contributed by atoms with Crippen LogP contribution in [0.15, 0.2) is 53.9 Å². The van der Waals surface area contributed by atoms with Crippen molar-refractivity contribution >= 4 is 39.8 Å². The predicted octanol–water partition coefficient (Wildman–Crippen LogP) is 4.64. The third kappa shape index (κ3) is 3.12. The molecule has 1 saturated heterocycles. The summed E-state index contributed by atoms with van der Waals surface area (Å²) < 4.78 is 0. The molecule has 0 spiro atoms. The zero-order chi connectivity index (χ0) is 20.7. The van der Waals surface area contributed by atoms with Crippen molar-refractivity contribution in [3.8, 4) is 0 Å². The molecule has 0 aliphatic carbocycles. The van der Waals surface area contributed by atoms with Gasteiger partial charge < -0.3 is 4.90 Å². The third-order valence-corrected chi connectivity index (χ3v) is 7.05. The van der Waals surface area contributed by atoms with Gasteiger partial charge in [-0.15, -0.1) is 11.3 Å². The normalized spacial score (nSPS) is 18.5. The van der Waals surface area contributed by atoms with Crippen LogP contribution in [-0.4, -0.2) is 40.6 Å². The lowest BCUT2D eigenvalue weighted by molar-refractivity contribution is -0.132. The molecule has 30 heavy (non-hydrogen) atoms. The monoisotopic (exact) mass is 418 g/mol. The number of carbonyl (C=O) groups is 3. The van der Waals surface area contributed by atoms with Crippen LogP contribution in [0.4, 0.5) is 0 Å². The predicted molar refractivity (Wildman–Crippen MR) is 117 cm³/mol. The summed E-state index contributed by atoms with van der Waals surface area (Å²) in [5.41, 5.74) is 1.12. The Bertz CT molecular complexity index is 1090. The largest absolute Gasteiger partial charge is 0.335 e. The van der Waals surface area contributed by atoms with Gasteiger partial charge in [-0.05, 0) is 48.2 Å². The van der Waals surface area contributed by atoms with Gasteiger partial charge in [0.25, 0.3) is 11.8 Å². The molecule has 0 N–H and O–H groups in total. The van der Waals surface area contributed by atoms with Gasteiger partial charge in [0, 0.05) is 40.9 Å². The number of hydrogen-bond donors (Lipinski definition) is 0. The summed E-state index contributed by atoms with van der Waals surface area (Å²) >= 11 is 1.69. The third-order valence-electron chi connectivity index (χ3n) is 6.07. The zero-order valence-corrected chi connectivity index (χ0v) is 17.4. The lowest BCUT2D eigenvalue weighted by Crippen LogP contribution is -2.41. The summed E-state index contributed by atoms with van der Waals surface area (Å²) in [6.07, 6.45) is 2.82. The van der Waals surface area contributed by atoms with Crippen LogP contribution >= 0.6 is 11.3 Å². The van der Waals surface area contributed by atoms with Gasteiger partial charge >= 0.3 is 0 Å². The molecule has 0 radical (unpaired) electrons. The first kappa shape index (κ1) is 19.0. The summed E-state index contributed by atoms with van der Waals surface area (Å²) in [4.78, 5) is 43.3. The number of nitrogens with zero attached hydrogens (tertiary/aromatic N) is 2. The van der Waals surface area contributed by atoms with E-state index in [-0.39, 0.29) is 30.3 Å². The highest BCUT2D eigenvalue weighted by atomic mass is 32.1.